The first-order valence-electron chi connectivity index (χ1n) is 28.3. The molecule has 0 aliphatic heterocycles. The van der Waals surface area contributed by atoms with Crippen molar-refractivity contribution in [1.82, 2.24) is 51.2 Å². The first-order chi connectivity index (χ1) is 41.8. The number of rotatable bonds is 23. The summed E-state index contributed by atoms with van der Waals surface area (Å²) >= 11 is 6.33. The van der Waals surface area contributed by atoms with E-state index in [4.69, 9.17) is 43.6 Å². The fourth-order valence-corrected chi connectivity index (χ4v) is 18.5. The van der Waals surface area contributed by atoms with Gasteiger partial charge in [0.1, 0.15) is 77.0 Å². The average molecular weight is 1300 g/mol. The highest BCUT2D eigenvalue weighted by Gasteiger charge is 2.52. The number of carbonyl (C=O) groups excluding carboxylic acids is 6. The molecular formula is C62H70N10O10S5Si. The normalized spacial score (nSPS) is 13.5. The highest BCUT2D eigenvalue weighted by atomic mass is 32.1. The van der Waals surface area contributed by atoms with Gasteiger partial charge in [0.2, 0.25) is 0 Å². The number of carbonyl (C=O) groups is 6. The van der Waals surface area contributed by atoms with E-state index < -0.39 is 79.0 Å². The third-order valence-electron chi connectivity index (χ3n) is 13.4. The molecule has 2 aromatic carbocycles. The minimum atomic E-state index is -3.27. The zero-order valence-corrected chi connectivity index (χ0v) is 56.1. The number of alkyl carbamates (subject to hydrolysis) is 1. The number of pyridine rings is 1. The van der Waals surface area contributed by atoms with Gasteiger partial charge in [-0.1, -0.05) is 101 Å². The Hall–Kier alpha value is -7.72. The van der Waals surface area contributed by atoms with Gasteiger partial charge in [-0.05, 0) is 81.9 Å². The standard InChI is InChI=1S/C62H70N10O10S5Si/c1-14-41(51(74)63-28-35(5)80-37(7)73)65-52(75)44-30-84-56(67-44)46-32-85-55(69-46)42-27-26-40(54-70-47(33-83-54)59(77)79-15-2)50(64-42)43-29-86-58(66-43)49(71-53(76)45-31-87-57(68-45)48(34(3)4)72-60(78)81-61(8,9)10)36(6)82-88(62(11,12)13,38-22-18-16-19-23-38)39-24-20-17-21-25-39/h14,16-27,29-36,48-49H,15,28H2,1-13H3,(H,63,74)(H,65,75)(H,71,76)(H,72,78)/b41-14-/t35-,36+,48+,49-/m0/s1. The van der Waals surface area contributed by atoms with Crippen molar-refractivity contribution in [1.29, 1.82) is 0 Å². The van der Waals surface area contributed by atoms with Crippen LogP contribution in [0.2, 0.25) is 5.04 Å². The zero-order valence-electron chi connectivity index (χ0n) is 51.0. The quantitative estimate of drug-likeness (QED) is 0.0201. The van der Waals surface area contributed by atoms with Crippen molar-refractivity contribution in [3.63, 3.8) is 0 Å². The number of hydrogen-bond donors (Lipinski definition) is 4. The van der Waals surface area contributed by atoms with Crippen LogP contribution in [0.1, 0.15) is 144 Å². The maximum absolute atomic E-state index is 14.9. The third kappa shape index (κ3) is 15.9. The second-order valence-electron chi connectivity index (χ2n) is 22.7. The van der Waals surface area contributed by atoms with Gasteiger partial charge in [-0.15, -0.1) is 56.7 Å². The molecule has 8 rings (SSSR count). The number of allylic oxidation sites excluding steroid dienone is 1. The van der Waals surface area contributed by atoms with E-state index in [0.717, 1.165) is 10.4 Å². The topological polar surface area (TPSA) is 265 Å². The molecule has 0 fully saturated rings. The highest BCUT2D eigenvalue weighted by Crippen LogP contribution is 2.42. The van der Waals surface area contributed by atoms with Crippen molar-refractivity contribution in [3.05, 3.63) is 139 Å². The molecule has 0 spiro atoms. The van der Waals surface area contributed by atoms with E-state index in [9.17, 15) is 28.8 Å². The number of benzene rings is 2. The summed E-state index contributed by atoms with van der Waals surface area (Å²) in [6.45, 7) is 24.2. The van der Waals surface area contributed by atoms with E-state index in [1.54, 1.807) is 69.1 Å². The Labute approximate surface area is 532 Å². The molecule has 8 aromatic rings. The highest BCUT2D eigenvalue weighted by molar-refractivity contribution is 7.15. The molecule has 88 heavy (non-hydrogen) atoms. The summed E-state index contributed by atoms with van der Waals surface area (Å²) in [7, 11) is -3.27. The van der Waals surface area contributed by atoms with Gasteiger partial charge in [0.25, 0.3) is 26.0 Å². The zero-order chi connectivity index (χ0) is 63.7. The fourth-order valence-electron chi connectivity index (χ4n) is 9.39. The van der Waals surface area contributed by atoms with E-state index in [2.05, 4.69) is 71.3 Å². The summed E-state index contributed by atoms with van der Waals surface area (Å²) in [5.74, 6) is -2.81. The number of nitrogens with one attached hydrogen (secondary N) is 4. The van der Waals surface area contributed by atoms with Crippen LogP contribution < -0.4 is 31.6 Å². The van der Waals surface area contributed by atoms with Gasteiger partial charge in [0, 0.05) is 39.4 Å². The second-order valence-corrected chi connectivity index (χ2v) is 31.3. The van der Waals surface area contributed by atoms with Crippen LogP contribution in [0.3, 0.4) is 0 Å². The summed E-state index contributed by atoms with van der Waals surface area (Å²) in [5.41, 5.74) is 1.97. The Balaban J connectivity index is 1.17. The van der Waals surface area contributed by atoms with Gasteiger partial charge in [-0.25, -0.2) is 39.5 Å². The van der Waals surface area contributed by atoms with E-state index in [-0.39, 0.29) is 41.8 Å². The molecule has 4 atom stereocenters. The number of nitrogens with zero attached hydrogens (tertiary/aromatic N) is 6. The molecule has 0 aliphatic rings. The van der Waals surface area contributed by atoms with Gasteiger partial charge in [0.15, 0.2) is 5.69 Å². The second kappa shape index (κ2) is 28.6. The van der Waals surface area contributed by atoms with Crippen LogP contribution in [0.25, 0.3) is 43.4 Å². The molecule has 4 N–H and O–H groups in total. The first-order valence-corrected chi connectivity index (χ1v) is 34.6. The molecule has 0 aliphatic carbocycles. The van der Waals surface area contributed by atoms with Crippen molar-refractivity contribution >= 4 is 111 Å². The van der Waals surface area contributed by atoms with Crippen molar-refractivity contribution in [3.8, 4) is 43.4 Å². The van der Waals surface area contributed by atoms with Gasteiger partial charge in [-0.3, -0.25) is 19.2 Å². The molecule has 6 aromatic heterocycles. The summed E-state index contributed by atoms with van der Waals surface area (Å²) in [6, 6.07) is 22.7. The van der Waals surface area contributed by atoms with Crippen LogP contribution in [0.5, 0.6) is 0 Å². The maximum atomic E-state index is 14.9. The Morgan fingerprint density at radius 3 is 1.83 bits per heavy atom. The molecule has 462 valence electrons. The van der Waals surface area contributed by atoms with Crippen LogP contribution in [0.4, 0.5) is 4.79 Å². The number of ether oxygens (including phenoxy) is 3. The number of amides is 4. The summed E-state index contributed by atoms with van der Waals surface area (Å²) in [4.78, 5) is 108. The Bertz CT molecular complexity index is 3770. The monoisotopic (exact) mass is 1300 g/mol. The fraction of sp³-hybridized carbons (Fsp3) is 0.355. The molecule has 20 nitrogen and oxygen atoms in total. The van der Waals surface area contributed by atoms with Gasteiger partial charge >= 0.3 is 18.0 Å². The summed E-state index contributed by atoms with van der Waals surface area (Å²) < 4.78 is 23.7. The predicted molar refractivity (Wildman–Crippen MR) is 348 cm³/mol. The molecular weight excluding hydrogens is 1230 g/mol. The third-order valence-corrected chi connectivity index (χ3v) is 23.0. The van der Waals surface area contributed by atoms with Gasteiger partial charge in [0.05, 0.1) is 31.0 Å². The minimum Gasteiger partial charge on any atom is -0.461 e. The van der Waals surface area contributed by atoms with Crippen molar-refractivity contribution in [2.45, 2.75) is 125 Å². The van der Waals surface area contributed by atoms with E-state index in [1.165, 1.54) is 69.7 Å². The molecule has 26 heteroatoms. The average Bonchev–Trinajstić information content (AvgIpc) is 1.94. The smallest absolute Gasteiger partial charge is 0.408 e. The van der Waals surface area contributed by atoms with E-state index in [0.29, 0.717) is 53.4 Å². The molecule has 0 radical (unpaired) electrons. The number of hydrogen-bond acceptors (Lipinski definition) is 21. The Kier molecular flexibility index (Phi) is 21.5. The lowest BCUT2D eigenvalue weighted by atomic mass is 10.1. The van der Waals surface area contributed by atoms with Crippen LogP contribution in [-0.4, -0.2) is 105 Å². The molecule has 6 heterocycles. The van der Waals surface area contributed by atoms with Gasteiger partial charge < -0.3 is 39.9 Å². The van der Waals surface area contributed by atoms with Crippen LogP contribution in [0.15, 0.2) is 111 Å². The van der Waals surface area contributed by atoms with E-state index in [1.807, 2.05) is 68.6 Å². The van der Waals surface area contributed by atoms with Gasteiger partial charge in [-0.2, -0.15) is 0 Å². The van der Waals surface area contributed by atoms with Crippen molar-refractivity contribution < 1.29 is 47.4 Å². The number of esters is 2. The molecule has 0 saturated carbocycles. The minimum absolute atomic E-state index is 0.00636. The Morgan fingerprint density at radius 2 is 1.20 bits per heavy atom. The van der Waals surface area contributed by atoms with Crippen LogP contribution in [0, 0.1) is 5.92 Å². The SMILES string of the molecule is C/C=C(\NC(=O)c1csc(-c2csc(-c3ccc(-c4nc(C(=O)OCC)cs4)c(-c4csc([C@@H](NC(=O)c5csc([C@H](NC(=O)OC(C)(C)C)C(C)C)n5)[C@@H](C)O[Si](c5ccccc5)(c5ccccc5)C(C)(C)C)n4)n3)n2)n1)C(=O)NC[C@H](C)OC(C)=O. The van der Waals surface area contributed by atoms with Crippen LogP contribution >= 0.6 is 56.7 Å². The molecule has 0 saturated heterocycles. The predicted octanol–water partition coefficient (Wildman–Crippen LogP) is 11.6. The summed E-state index contributed by atoms with van der Waals surface area (Å²) in [5, 5.41) is 24.2. The first kappa shape index (κ1) is 66.2. The molecule has 0 unspecified atom stereocenters. The number of thiazole rings is 5. The lowest BCUT2D eigenvalue weighted by Crippen LogP contribution is -2.68. The van der Waals surface area contributed by atoms with Crippen molar-refractivity contribution in [2.75, 3.05) is 13.2 Å². The van der Waals surface area contributed by atoms with Crippen molar-refractivity contribution in [2.24, 2.45) is 5.92 Å². The largest absolute Gasteiger partial charge is 0.461 e. The molecule has 4 amide bonds. The Morgan fingerprint density at radius 1 is 0.625 bits per heavy atom. The van der Waals surface area contributed by atoms with E-state index >= 15 is 0 Å². The summed E-state index contributed by atoms with van der Waals surface area (Å²) in [6.07, 6.45) is -0.440. The lowest BCUT2D eigenvalue weighted by molar-refractivity contribution is -0.145. The van der Waals surface area contributed by atoms with Crippen LogP contribution in [-0.2, 0) is 28.2 Å². The maximum Gasteiger partial charge on any atom is 0.408 e. The number of aromatic nitrogens is 6. The molecule has 0 bridgehead atoms. The lowest BCUT2D eigenvalue weighted by Gasteiger charge is -2.45.